The van der Waals surface area contributed by atoms with Gasteiger partial charge >= 0.3 is 0 Å². The summed E-state index contributed by atoms with van der Waals surface area (Å²) < 4.78 is 26.0. The molecule has 0 aromatic heterocycles. The number of nitrogens with one attached hydrogen (secondary N) is 1. The van der Waals surface area contributed by atoms with Gasteiger partial charge in [0.2, 0.25) is 0 Å². The molecule has 0 radical (unpaired) electrons. The molecule has 0 bridgehead atoms. The van der Waals surface area contributed by atoms with Crippen molar-refractivity contribution in [3.8, 4) is 0 Å². The predicted molar refractivity (Wildman–Crippen MR) is 63.4 cm³/mol. The maximum atomic E-state index is 13.3. The van der Waals surface area contributed by atoms with Gasteiger partial charge in [-0.1, -0.05) is 0 Å². The number of likely N-dealkylation sites (tertiary alicyclic amines) is 1. The highest BCUT2D eigenvalue weighted by Crippen LogP contribution is 2.17. The van der Waals surface area contributed by atoms with E-state index in [0.29, 0.717) is 5.11 Å². The lowest BCUT2D eigenvalue weighted by Gasteiger charge is -2.19. The predicted octanol–water partition coefficient (Wildman–Crippen LogP) is 2.76. The van der Waals surface area contributed by atoms with E-state index < -0.39 is 11.6 Å². The van der Waals surface area contributed by atoms with Crippen molar-refractivity contribution in [2.45, 2.75) is 12.8 Å². The van der Waals surface area contributed by atoms with Gasteiger partial charge in [-0.05, 0) is 37.2 Å². The third-order valence-electron chi connectivity index (χ3n) is 2.57. The molecule has 86 valence electrons. The Balaban J connectivity index is 2.05. The minimum absolute atomic E-state index is 0.221. The Morgan fingerprint density at radius 2 is 1.94 bits per heavy atom. The summed E-state index contributed by atoms with van der Waals surface area (Å²) >= 11 is 5.14. The SMILES string of the molecule is Fc1ccc(NC(=S)N2CCCC2)c(F)c1. The Kier molecular flexibility index (Phi) is 3.33. The summed E-state index contributed by atoms with van der Waals surface area (Å²) in [5, 5.41) is 3.30. The van der Waals surface area contributed by atoms with Crippen molar-refractivity contribution in [1.82, 2.24) is 4.90 Å². The Hall–Kier alpha value is -1.23. The zero-order chi connectivity index (χ0) is 11.5. The molecule has 2 nitrogen and oxygen atoms in total. The van der Waals surface area contributed by atoms with Crippen LogP contribution in [-0.4, -0.2) is 23.1 Å². The van der Waals surface area contributed by atoms with Gasteiger partial charge in [0.1, 0.15) is 11.6 Å². The third-order valence-corrected chi connectivity index (χ3v) is 2.93. The Bertz CT molecular complexity index is 403. The van der Waals surface area contributed by atoms with E-state index in [2.05, 4.69) is 5.32 Å². The fourth-order valence-corrected chi connectivity index (χ4v) is 2.00. The highest BCUT2D eigenvalue weighted by molar-refractivity contribution is 7.80. The van der Waals surface area contributed by atoms with Gasteiger partial charge in [-0.3, -0.25) is 0 Å². The Morgan fingerprint density at radius 1 is 1.25 bits per heavy atom. The van der Waals surface area contributed by atoms with Crippen LogP contribution in [0.2, 0.25) is 0 Å². The smallest absolute Gasteiger partial charge is 0.173 e. The normalized spacial score (nSPS) is 15.2. The van der Waals surface area contributed by atoms with E-state index in [-0.39, 0.29) is 5.69 Å². The molecule has 0 aliphatic carbocycles. The summed E-state index contributed by atoms with van der Waals surface area (Å²) in [7, 11) is 0. The van der Waals surface area contributed by atoms with Crippen molar-refractivity contribution >= 4 is 23.0 Å². The molecule has 1 aromatic carbocycles. The summed E-state index contributed by atoms with van der Waals surface area (Å²) in [5.41, 5.74) is 0.221. The van der Waals surface area contributed by atoms with Crippen molar-refractivity contribution < 1.29 is 8.78 Å². The summed E-state index contributed by atoms with van der Waals surface area (Å²) in [6.07, 6.45) is 2.21. The number of benzene rings is 1. The van der Waals surface area contributed by atoms with Crippen LogP contribution in [0.15, 0.2) is 18.2 Å². The first-order valence-electron chi connectivity index (χ1n) is 5.18. The van der Waals surface area contributed by atoms with Gasteiger partial charge < -0.3 is 10.2 Å². The molecule has 2 rings (SSSR count). The van der Waals surface area contributed by atoms with Crippen molar-refractivity contribution in [3.63, 3.8) is 0 Å². The van der Waals surface area contributed by atoms with Crippen LogP contribution < -0.4 is 5.32 Å². The van der Waals surface area contributed by atoms with E-state index in [9.17, 15) is 8.78 Å². The van der Waals surface area contributed by atoms with Crippen molar-refractivity contribution in [2.24, 2.45) is 0 Å². The molecule has 1 N–H and O–H groups in total. The molecule has 1 fully saturated rings. The quantitative estimate of drug-likeness (QED) is 0.762. The topological polar surface area (TPSA) is 15.3 Å². The minimum atomic E-state index is -0.624. The summed E-state index contributed by atoms with van der Waals surface area (Å²) in [5.74, 6) is -1.21. The first-order valence-corrected chi connectivity index (χ1v) is 5.58. The zero-order valence-electron chi connectivity index (χ0n) is 8.67. The average Bonchev–Trinajstić information content (AvgIpc) is 2.75. The average molecular weight is 242 g/mol. The third kappa shape index (κ3) is 2.47. The number of hydrogen-bond acceptors (Lipinski definition) is 1. The van der Waals surface area contributed by atoms with E-state index in [1.54, 1.807) is 0 Å². The van der Waals surface area contributed by atoms with Gasteiger partial charge in [0.25, 0.3) is 0 Å². The second-order valence-electron chi connectivity index (χ2n) is 3.75. The van der Waals surface area contributed by atoms with Crippen molar-refractivity contribution in [3.05, 3.63) is 29.8 Å². The summed E-state index contributed by atoms with van der Waals surface area (Å²) in [6.45, 7) is 1.79. The van der Waals surface area contributed by atoms with Gasteiger partial charge in [-0.2, -0.15) is 0 Å². The molecule has 1 aliphatic heterocycles. The van der Waals surface area contributed by atoms with Crippen LogP contribution in [0.3, 0.4) is 0 Å². The zero-order valence-corrected chi connectivity index (χ0v) is 9.49. The molecule has 1 saturated heterocycles. The van der Waals surface area contributed by atoms with Crippen LogP contribution in [0.1, 0.15) is 12.8 Å². The molecule has 0 saturated carbocycles. The number of hydrogen-bond donors (Lipinski definition) is 1. The molecule has 1 aromatic rings. The number of nitrogens with zero attached hydrogens (tertiary/aromatic N) is 1. The largest absolute Gasteiger partial charge is 0.349 e. The van der Waals surface area contributed by atoms with Gasteiger partial charge in [0, 0.05) is 19.2 Å². The van der Waals surface area contributed by atoms with Gasteiger partial charge in [-0.15, -0.1) is 0 Å². The van der Waals surface area contributed by atoms with E-state index >= 15 is 0 Å². The lowest BCUT2D eigenvalue weighted by molar-refractivity contribution is 0.527. The van der Waals surface area contributed by atoms with Gasteiger partial charge in [0.05, 0.1) is 5.69 Å². The van der Waals surface area contributed by atoms with Crippen LogP contribution in [0.25, 0.3) is 0 Å². The van der Waals surface area contributed by atoms with E-state index in [4.69, 9.17) is 12.2 Å². The molecule has 0 spiro atoms. The monoisotopic (exact) mass is 242 g/mol. The lowest BCUT2D eigenvalue weighted by Crippen LogP contribution is -2.32. The first kappa shape index (κ1) is 11.3. The van der Waals surface area contributed by atoms with Crippen LogP contribution in [0.4, 0.5) is 14.5 Å². The maximum Gasteiger partial charge on any atom is 0.173 e. The lowest BCUT2D eigenvalue weighted by atomic mass is 10.3. The minimum Gasteiger partial charge on any atom is -0.349 e. The van der Waals surface area contributed by atoms with E-state index in [1.165, 1.54) is 12.1 Å². The van der Waals surface area contributed by atoms with E-state index in [1.807, 2.05) is 4.90 Å². The molecule has 1 heterocycles. The molecule has 0 amide bonds. The van der Waals surface area contributed by atoms with E-state index in [0.717, 1.165) is 32.0 Å². The van der Waals surface area contributed by atoms with Crippen LogP contribution in [-0.2, 0) is 0 Å². The van der Waals surface area contributed by atoms with Crippen LogP contribution in [0.5, 0.6) is 0 Å². The van der Waals surface area contributed by atoms with Crippen LogP contribution in [0, 0.1) is 11.6 Å². The highest BCUT2D eigenvalue weighted by atomic mass is 32.1. The molecule has 1 aliphatic rings. The Labute approximate surface area is 98.2 Å². The molecule has 5 heteroatoms. The fraction of sp³-hybridized carbons (Fsp3) is 0.364. The second kappa shape index (κ2) is 4.74. The molecular weight excluding hydrogens is 230 g/mol. The maximum absolute atomic E-state index is 13.3. The highest BCUT2D eigenvalue weighted by Gasteiger charge is 2.15. The fourth-order valence-electron chi connectivity index (χ4n) is 1.71. The first-order chi connectivity index (χ1) is 7.66. The molecule has 16 heavy (non-hydrogen) atoms. The van der Waals surface area contributed by atoms with Gasteiger partial charge in [-0.25, -0.2) is 8.78 Å². The number of halogens is 2. The van der Waals surface area contributed by atoms with Gasteiger partial charge in [0.15, 0.2) is 5.11 Å². The van der Waals surface area contributed by atoms with Crippen molar-refractivity contribution in [1.29, 1.82) is 0 Å². The number of rotatable bonds is 1. The summed E-state index contributed by atoms with van der Waals surface area (Å²) in [4.78, 5) is 1.98. The second-order valence-corrected chi connectivity index (χ2v) is 4.14. The molecular formula is C11H12F2N2S. The Morgan fingerprint density at radius 3 is 2.56 bits per heavy atom. The molecule has 0 atom stereocenters. The molecule has 0 unspecified atom stereocenters. The van der Waals surface area contributed by atoms with Crippen molar-refractivity contribution in [2.75, 3.05) is 18.4 Å². The summed E-state index contributed by atoms with van der Waals surface area (Å²) in [6, 6.07) is 3.40. The standard InChI is InChI=1S/C11H12F2N2S/c12-8-3-4-10(9(13)7-8)14-11(16)15-5-1-2-6-15/h3-4,7H,1-2,5-6H2,(H,14,16). The number of thiocarbonyl (C=S) groups is 1. The van der Waals surface area contributed by atoms with Crippen LogP contribution >= 0.6 is 12.2 Å². The number of anilines is 1.